The molecule has 0 aliphatic heterocycles. The fourth-order valence-corrected chi connectivity index (χ4v) is 4.03. The van der Waals surface area contributed by atoms with Gasteiger partial charge in [-0.1, -0.05) is 36.6 Å². The van der Waals surface area contributed by atoms with Crippen molar-refractivity contribution < 1.29 is 4.79 Å². The van der Waals surface area contributed by atoms with Crippen molar-refractivity contribution in [1.82, 2.24) is 14.9 Å². The number of hydrogen-bond donors (Lipinski definition) is 2. The van der Waals surface area contributed by atoms with Gasteiger partial charge in [-0.15, -0.1) is 0 Å². The van der Waals surface area contributed by atoms with Crippen molar-refractivity contribution in [3.05, 3.63) is 73.7 Å². The van der Waals surface area contributed by atoms with E-state index in [9.17, 15) is 9.59 Å². The second-order valence-corrected chi connectivity index (χ2v) is 7.99. The maximum atomic E-state index is 12.9. The highest BCUT2D eigenvalue weighted by molar-refractivity contribution is 7.71. The third-order valence-electron chi connectivity index (χ3n) is 5.19. The monoisotopic (exact) mass is 413 g/mol. The predicted octanol–water partition coefficient (Wildman–Crippen LogP) is 4.43. The molecule has 144 valence electrons. The Bertz CT molecular complexity index is 1150. The largest absolute Gasteiger partial charge is 0.349 e. The molecule has 1 saturated carbocycles. The molecule has 1 aromatic heterocycles. The van der Waals surface area contributed by atoms with Gasteiger partial charge in [0.2, 0.25) is 0 Å². The molecule has 1 aliphatic rings. The summed E-state index contributed by atoms with van der Waals surface area (Å²) >= 11 is 11.3. The lowest BCUT2D eigenvalue weighted by atomic mass is 10.1. The molecule has 0 atom stereocenters. The van der Waals surface area contributed by atoms with Crippen molar-refractivity contribution in [3.63, 3.8) is 0 Å². The van der Waals surface area contributed by atoms with Crippen molar-refractivity contribution in [2.45, 2.75) is 38.3 Å². The molecule has 0 saturated heterocycles. The van der Waals surface area contributed by atoms with Crippen LogP contribution in [0.15, 0.2) is 47.3 Å². The molecule has 1 aliphatic carbocycles. The van der Waals surface area contributed by atoms with E-state index in [0.717, 1.165) is 31.2 Å². The first kappa shape index (κ1) is 18.9. The Kier molecular flexibility index (Phi) is 5.33. The van der Waals surface area contributed by atoms with Crippen LogP contribution in [0.4, 0.5) is 0 Å². The van der Waals surface area contributed by atoms with E-state index in [1.54, 1.807) is 30.3 Å². The summed E-state index contributed by atoms with van der Waals surface area (Å²) < 4.78 is 1.83. The Morgan fingerprint density at radius 3 is 2.61 bits per heavy atom. The Morgan fingerprint density at radius 1 is 1.18 bits per heavy atom. The molecule has 1 amide bonds. The van der Waals surface area contributed by atoms with Gasteiger partial charge >= 0.3 is 0 Å². The first-order valence-corrected chi connectivity index (χ1v) is 10.1. The maximum Gasteiger partial charge on any atom is 0.262 e. The van der Waals surface area contributed by atoms with E-state index in [1.165, 1.54) is 4.57 Å². The lowest BCUT2D eigenvalue weighted by Crippen LogP contribution is -2.32. The summed E-state index contributed by atoms with van der Waals surface area (Å²) in [4.78, 5) is 28.5. The van der Waals surface area contributed by atoms with Crippen LogP contribution in [0.2, 0.25) is 5.02 Å². The Labute approximate surface area is 172 Å². The van der Waals surface area contributed by atoms with Crippen molar-refractivity contribution >= 4 is 40.6 Å². The molecule has 1 fully saturated rings. The van der Waals surface area contributed by atoms with E-state index in [4.69, 9.17) is 23.8 Å². The molecule has 2 N–H and O–H groups in total. The number of carbonyl (C=O) groups is 1. The zero-order valence-corrected chi connectivity index (χ0v) is 16.8. The molecular formula is C21H20ClN3O2S. The minimum atomic E-state index is -0.184. The molecule has 4 rings (SSSR count). The smallest absolute Gasteiger partial charge is 0.262 e. The first-order chi connectivity index (χ1) is 13.5. The first-order valence-electron chi connectivity index (χ1n) is 9.33. The molecule has 0 unspecified atom stereocenters. The molecular weight excluding hydrogens is 394 g/mol. The minimum absolute atomic E-state index is 0.113. The number of halogens is 1. The molecule has 1 heterocycles. The summed E-state index contributed by atoms with van der Waals surface area (Å²) in [6.45, 7) is 0.352. The average Bonchev–Trinajstić information content (AvgIpc) is 3.19. The second-order valence-electron chi connectivity index (χ2n) is 7.16. The van der Waals surface area contributed by atoms with Gasteiger partial charge in [0.25, 0.3) is 11.5 Å². The van der Waals surface area contributed by atoms with Crippen LogP contribution in [0.5, 0.6) is 0 Å². The van der Waals surface area contributed by atoms with Gasteiger partial charge in [0, 0.05) is 16.6 Å². The molecule has 2 aromatic carbocycles. The van der Waals surface area contributed by atoms with Crippen LogP contribution in [0.3, 0.4) is 0 Å². The Hall–Kier alpha value is -2.44. The topological polar surface area (TPSA) is 66.9 Å². The number of fused-ring (bicyclic) bond motifs is 1. The van der Waals surface area contributed by atoms with Gasteiger partial charge in [0.05, 0.1) is 17.4 Å². The molecule has 0 radical (unpaired) electrons. The van der Waals surface area contributed by atoms with Crippen LogP contribution in [0, 0.1) is 4.77 Å². The van der Waals surface area contributed by atoms with E-state index in [2.05, 4.69) is 10.3 Å². The van der Waals surface area contributed by atoms with Crippen molar-refractivity contribution in [3.8, 4) is 0 Å². The fraction of sp³-hybridized carbons (Fsp3) is 0.286. The molecule has 3 aromatic rings. The quantitative estimate of drug-likeness (QED) is 0.621. The zero-order chi connectivity index (χ0) is 19.7. The third-order valence-corrected chi connectivity index (χ3v) is 5.76. The van der Waals surface area contributed by atoms with E-state index < -0.39 is 0 Å². The number of carbonyl (C=O) groups excluding carboxylic acids is 1. The number of H-pyrrole nitrogens is 1. The molecule has 5 nitrogen and oxygen atoms in total. The van der Waals surface area contributed by atoms with E-state index in [-0.39, 0.29) is 17.5 Å². The summed E-state index contributed by atoms with van der Waals surface area (Å²) in [5, 5.41) is 4.21. The summed E-state index contributed by atoms with van der Waals surface area (Å²) in [5.41, 5.74) is 1.84. The Morgan fingerprint density at radius 2 is 1.89 bits per heavy atom. The highest BCUT2D eigenvalue weighted by Gasteiger charge is 2.18. The van der Waals surface area contributed by atoms with E-state index in [0.29, 0.717) is 32.8 Å². The van der Waals surface area contributed by atoms with Gasteiger partial charge < -0.3 is 10.3 Å². The molecule has 28 heavy (non-hydrogen) atoms. The summed E-state index contributed by atoms with van der Waals surface area (Å²) in [6, 6.07) is 12.6. The van der Waals surface area contributed by atoms with Gasteiger partial charge in [-0.05, 0) is 61.0 Å². The van der Waals surface area contributed by atoms with Crippen LogP contribution in [0.1, 0.15) is 41.6 Å². The number of hydrogen-bond acceptors (Lipinski definition) is 3. The predicted molar refractivity (Wildman–Crippen MR) is 114 cm³/mol. The molecule has 7 heteroatoms. The van der Waals surface area contributed by atoms with Crippen molar-refractivity contribution in [2.75, 3.05) is 0 Å². The van der Waals surface area contributed by atoms with Crippen LogP contribution >= 0.6 is 23.8 Å². The van der Waals surface area contributed by atoms with Gasteiger partial charge in [-0.3, -0.25) is 14.2 Å². The second kappa shape index (κ2) is 7.89. The molecule has 0 spiro atoms. The summed E-state index contributed by atoms with van der Waals surface area (Å²) in [7, 11) is 0. The average molecular weight is 414 g/mol. The Balaban J connectivity index is 1.65. The SMILES string of the molecule is O=C(NC1CCCC1)c1ccc2c(=O)n(Cc3ccc(Cl)cc3)c(=S)[nH]c2c1. The van der Waals surface area contributed by atoms with Gasteiger partial charge in [0.1, 0.15) is 0 Å². The van der Waals surface area contributed by atoms with Gasteiger partial charge in [-0.25, -0.2) is 0 Å². The lowest BCUT2D eigenvalue weighted by Gasteiger charge is -2.13. The zero-order valence-electron chi connectivity index (χ0n) is 15.2. The number of nitrogens with one attached hydrogen (secondary N) is 2. The number of nitrogens with zero attached hydrogens (tertiary/aromatic N) is 1. The van der Waals surface area contributed by atoms with E-state index >= 15 is 0 Å². The minimum Gasteiger partial charge on any atom is -0.349 e. The van der Waals surface area contributed by atoms with Crippen molar-refractivity contribution in [2.24, 2.45) is 0 Å². The van der Waals surface area contributed by atoms with Crippen LogP contribution in [0.25, 0.3) is 10.9 Å². The van der Waals surface area contributed by atoms with Crippen LogP contribution in [-0.2, 0) is 6.54 Å². The van der Waals surface area contributed by atoms with Gasteiger partial charge in [-0.2, -0.15) is 0 Å². The third kappa shape index (κ3) is 3.88. The highest BCUT2D eigenvalue weighted by Crippen LogP contribution is 2.19. The van der Waals surface area contributed by atoms with Crippen LogP contribution < -0.4 is 10.9 Å². The number of amides is 1. The standard InChI is InChI=1S/C21H20ClN3O2S/c22-15-8-5-13(6-9-15)12-25-20(27)17-10-7-14(11-18(17)24-21(25)28)19(26)23-16-3-1-2-4-16/h5-11,16H,1-4,12H2,(H,23,26)(H,24,28). The highest BCUT2D eigenvalue weighted by atomic mass is 35.5. The number of aromatic nitrogens is 2. The summed E-state index contributed by atoms with van der Waals surface area (Å²) in [5.74, 6) is -0.113. The summed E-state index contributed by atoms with van der Waals surface area (Å²) in [6.07, 6.45) is 4.36. The van der Waals surface area contributed by atoms with E-state index in [1.807, 2.05) is 12.1 Å². The van der Waals surface area contributed by atoms with Gasteiger partial charge in [0.15, 0.2) is 4.77 Å². The number of aromatic amines is 1. The maximum absolute atomic E-state index is 12.9. The lowest BCUT2D eigenvalue weighted by molar-refractivity contribution is 0.0938. The normalized spacial score (nSPS) is 14.5. The number of benzene rings is 2. The molecule has 0 bridgehead atoms. The number of rotatable bonds is 4. The fourth-order valence-electron chi connectivity index (χ4n) is 3.65. The van der Waals surface area contributed by atoms with Crippen LogP contribution in [-0.4, -0.2) is 21.5 Å². The van der Waals surface area contributed by atoms with Crippen molar-refractivity contribution in [1.29, 1.82) is 0 Å².